The highest BCUT2D eigenvalue weighted by Gasteiger charge is 2.15. The third kappa shape index (κ3) is 5.31. The zero-order valence-corrected chi connectivity index (χ0v) is 16.1. The molecule has 2 heterocycles. The number of pyridine rings is 1. The van der Waals surface area contributed by atoms with Crippen LogP contribution in [0.3, 0.4) is 0 Å². The summed E-state index contributed by atoms with van der Waals surface area (Å²) in [5.41, 5.74) is 2.10. The Morgan fingerprint density at radius 3 is 2.77 bits per heavy atom. The predicted molar refractivity (Wildman–Crippen MR) is 103 cm³/mol. The lowest BCUT2D eigenvalue weighted by Crippen LogP contribution is -2.27. The average molecular weight is 358 g/mol. The molecule has 0 radical (unpaired) electrons. The van der Waals surface area contributed by atoms with Crippen LogP contribution in [0.15, 0.2) is 24.4 Å². The van der Waals surface area contributed by atoms with Crippen molar-refractivity contribution < 1.29 is 9.59 Å². The monoisotopic (exact) mass is 358 g/mol. The standard InChI is InChI=1S/C20H30N4O2/c1-4-5-14-23(3)18(25)12-7-6-9-13-21-20(26)19-16(2)22-17-11-8-10-15-24(17)19/h8,10-11,15H,4-7,9,12-14H2,1-3H3,(H,21,26). The maximum Gasteiger partial charge on any atom is 0.270 e. The van der Waals surface area contributed by atoms with Gasteiger partial charge < -0.3 is 10.2 Å². The molecule has 0 saturated carbocycles. The van der Waals surface area contributed by atoms with E-state index in [1.165, 1.54) is 0 Å². The lowest BCUT2D eigenvalue weighted by Gasteiger charge is -2.16. The number of carbonyl (C=O) groups is 2. The first-order valence-corrected chi connectivity index (χ1v) is 9.50. The fourth-order valence-electron chi connectivity index (χ4n) is 2.96. The van der Waals surface area contributed by atoms with Crippen LogP contribution >= 0.6 is 0 Å². The number of rotatable bonds is 10. The normalized spacial score (nSPS) is 10.9. The molecule has 0 aliphatic heterocycles. The number of aryl methyl sites for hydroxylation is 1. The van der Waals surface area contributed by atoms with Gasteiger partial charge in [0.05, 0.1) is 5.69 Å². The van der Waals surface area contributed by atoms with Gasteiger partial charge in [0.25, 0.3) is 5.91 Å². The van der Waals surface area contributed by atoms with Crippen LogP contribution in [0, 0.1) is 6.92 Å². The molecule has 0 atom stereocenters. The van der Waals surface area contributed by atoms with E-state index < -0.39 is 0 Å². The van der Waals surface area contributed by atoms with Crippen molar-refractivity contribution in [2.45, 2.75) is 52.4 Å². The highest BCUT2D eigenvalue weighted by atomic mass is 16.2. The van der Waals surface area contributed by atoms with Crippen molar-refractivity contribution in [3.05, 3.63) is 35.8 Å². The summed E-state index contributed by atoms with van der Waals surface area (Å²) in [6.07, 6.45) is 7.25. The van der Waals surface area contributed by atoms with Crippen molar-refractivity contribution in [2.24, 2.45) is 0 Å². The van der Waals surface area contributed by atoms with Gasteiger partial charge in [-0.3, -0.25) is 14.0 Å². The molecular formula is C20H30N4O2. The van der Waals surface area contributed by atoms with E-state index in [0.717, 1.165) is 50.0 Å². The summed E-state index contributed by atoms with van der Waals surface area (Å²) < 4.78 is 1.81. The first-order chi connectivity index (χ1) is 12.5. The van der Waals surface area contributed by atoms with Crippen molar-refractivity contribution >= 4 is 17.5 Å². The van der Waals surface area contributed by atoms with Crippen LogP contribution in [0.5, 0.6) is 0 Å². The van der Waals surface area contributed by atoms with Crippen molar-refractivity contribution in [1.82, 2.24) is 19.6 Å². The molecule has 2 aromatic heterocycles. The number of carbonyl (C=O) groups excluding carboxylic acids is 2. The topological polar surface area (TPSA) is 66.7 Å². The largest absolute Gasteiger partial charge is 0.351 e. The Bertz CT molecular complexity index is 738. The molecule has 0 unspecified atom stereocenters. The lowest BCUT2D eigenvalue weighted by atomic mass is 10.1. The fraction of sp³-hybridized carbons (Fsp3) is 0.550. The quantitative estimate of drug-likeness (QED) is 0.663. The number of hydrogen-bond acceptors (Lipinski definition) is 3. The number of hydrogen-bond donors (Lipinski definition) is 1. The van der Waals surface area contributed by atoms with Crippen LogP contribution < -0.4 is 5.32 Å². The smallest absolute Gasteiger partial charge is 0.270 e. The van der Waals surface area contributed by atoms with Gasteiger partial charge in [0.2, 0.25) is 5.91 Å². The van der Waals surface area contributed by atoms with Gasteiger partial charge in [-0.25, -0.2) is 4.98 Å². The Balaban J connectivity index is 1.69. The van der Waals surface area contributed by atoms with E-state index in [4.69, 9.17) is 0 Å². The zero-order chi connectivity index (χ0) is 18.9. The van der Waals surface area contributed by atoms with Gasteiger partial charge >= 0.3 is 0 Å². The number of aromatic nitrogens is 2. The van der Waals surface area contributed by atoms with Gasteiger partial charge in [0, 0.05) is 32.8 Å². The second-order valence-electron chi connectivity index (χ2n) is 6.71. The van der Waals surface area contributed by atoms with E-state index in [-0.39, 0.29) is 11.8 Å². The molecule has 2 amide bonds. The van der Waals surface area contributed by atoms with Gasteiger partial charge in [-0.15, -0.1) is 0 Å². The van der Waals surface area contributed by atoms with E-state index in [0.29, 0.717) is 18.7 Å². The zero-order valence-electron chi connectivity index (χ0n) is 16.1. The number of amides is 2. The minimum Gasteiger partial charge on any atom is -0.351 e. The van der Waals surface area contributed by atoms with Gasteiger partial charge in [-0.2, -0.15) is 0 Å². The number of imidazole rings is 1. The molecule has 6 nitrogen and oxygen atoms in total. The Labute approximate surface area is 155 Å². The summed E-state index contributed by atoms with van der Waals surface area (Å²) in [7, 11) is 1.87. The molecule has 0 aromatic carbocycles. The van der Waals surface area contributed by atoms with Gasteiger partial charge in [0.15, 0.2) is 0 Å². The molecule has 1 N–H and O–H groups in total. The molecule has 0 spiro atoms. The molecule has 0 fully saturated rings. The van der Waals surface area contributed by atoms with Crippen molar-refractivity contribution in [1.29, 1.82) is 0 Å². The maximum atomic E-state index is 12.4. The molecular weight excluding hydrogens is 328 g/mol. The van der Waals surface area contributed by atoms with Crippen LogP contribution in [0.2, 0.25) is 0 Å². The Kier molecular flexibility index (Phi) is 7.63. The summed E-state index contributed by atoms with van der Waals surface area (Å²) in [5.74, 6) is 0.111. The molecule has 142 valence electrons. The van der Waals surface area contributed by atoms with Crippen LogP contribution in [-0.4, -0.2) is 46.2 Å². The van der Waals surface area contributed by atoms with E-state index in [2.05, 4.69) is 17.2 Å². The van der Waals surface area contributed by atoms with Crippen LogP contribution in [-0.2, 0) is 4.79 Å². The van der Waals surface area contributed by atoms with Gasteiger partial charge in [0.1, 0.15) is 11.3 Å². The average Bonchev–Trinajstić information content (AvgIpc) is 2.97. The summed E-state index contributed by atoms with van der Waals surface area (Å²) in [4.78, 5) is 30.6. The van der Waals surface area contributed by atoms with E-state index >= 15 is 0 Å². The number of unbranched alkanes of at least 4 members (excludes halogenated alkanes) is 3. The maximum absolute atomic E-state index is 12.4. The highest BCUT2D eigenvalue weighted by molar-refractivity contribution is 5.94. The Hall–Kier alpha value is -2.37. The molecule has 0 saturated heterocycles. The highest BCUT2D eigenvalue weighted by Crippen LogP contribution is 2.11. The van der Waals surface area contributed by atoms with E-state index in [9.17, 15) is 9.59 Å². The van der Waals surface area contributed by atoms with Crippen LogP contribution in [0.25, 0.3) is 5.65 Å². The number of nitrogens with one attached hydrogen (secondary N) is 1. The second kappa shape index (κ2) is 9.94. The van der Waals surface area contributed by atoms with Crippen molar-refractivity contribution in [3.63, 3.8) is 0 Å². The number of nitrogens with zero attached hydrogens (tertiary/aromatic N) is 3. The first kappa shape index (κ1) is 19.9. The SMILES string of the molecule is CCCCN(C)C(=O)CCCCCNC(=O)c1c(C)nc2ccccn12. The predicted octanol–water partition coefficient (Wildman–Crippen LogP) is 3.19. The Morgan fingerprint density at radius 1 is 1.19 bits per heavy atom. The third-order valence-electron chi connectivity index (χ3n) is 4.55. The molecule has 6 heteroatoms. The molecule has 2 rings (SSSR count). The van der Waals surface area contributed by atoms with Gasteiger partial charge in [-0.05, 0) is 38.3 Å². The Morgan fingerprint density at radius 2 is 2.00 bits per heavy atom. The number of fused-ring (bicyclic) bond motifs is 1. The molecule has 0 bridgehead atoms. The summed E-state index contributed by atoms with van der Waals surface area (Å²) in [6.45, 7) is 5.42. The minimum atomic E-state index is -0.100. The van der Waals surface area contributed by atoms with Crippen molar-refractivity contribution in [2.75, 3.05) is 20.1 Å². The van der Waals surface area contributed by atoms with E-state index in [1.807, 2.05) is 47.7 Å². The van der Waals surface area contributed by atoms with Crippen molar-refractivity contribution in [3.8, 4) is 0 Å². The third-order valence-corrected chi connectivity index (χ3v) is 4.55. The van der Waals surface area contributed by atoms with Crippen LogP contribution in [0.4, 0.5) is 0 Å². The van der Waals surface area contributed by atoms with Crippen LogP contribution in [0.1, 0.15) is 61.6 Å². The summed E-state index contributed by atoms with van der Waals surface area (Å²) >= 11 is 0. The molecule has 2 aromatic rings. The lowest BCUT2D eigenvalue weighted by molar-refractivity contribution is -0.130. The second-order valence-corrected chi connectivity index (χ2v) is 6.71. The minimum absolute atomic E-state index is 0.100. The molecule has 0 aliphatic carbocycles. The van der Waals surface area contributed by atoms with E-state index in [1.54, 1.807) is 0 Å². The fourth-order valence-corrected chi connectivity index (χ4v) is 2.96. The first-order valence-electron chi connectivity index (χ1n) is 9.50. The molecule has 0 aliphatic rings. The summed E-state index contributed by atoms with van der Waals surface area (Å²) in [6, 6.07) is 5.68. The van der Waals surface area contributed by atoms with Gasteiger partial charge in [-0.1, -0.05) is 25.8 Å². The molecule has 26 heavy (non-hydrogen) atoms. The summed E-state index contributed by atoms with van der Waals surface area (Å²) in [5, 5.41) is 2.96.